The molecule has 0 atom stereocenters. The Balaban J connectivity index is 1.81. The van der Waals surface area contributed by atoms with E-state index in [9.17, 15) is 14.9 Å². The van der Waals surface area contributed by atoms with E-state index in [0.717, 1.165) is 29.8 Å². The Morgan fingerprint density at radius 3 is 2.58 bits per heavy atom. The van der Waals surface area contributed by atoms with E-state index in [1.165, 1.54) is 30.5 Å². The van der Waals surface area contributed by atoms with Crippen LogP contribution in [0.5, 0.6) is 0 Å². The quantitative estimate of drug-likeness (QED) is 0.369. The second-order valence-corrected chi connectivity index (χ2v) is 8.43. The molecule has 0 unspecified atom stereocenters. The molecule has 0 aliphatic carbocycles. The number of nitro groups is 1. The molecular formula is C23H25ClN4O3. The number of non-ortho nitro benzene ring substituents is 1. The topological polar surface area (TPSA) is 87.8 Å². The number of nitrogens with zero attached hydrogens (tertiary/aromatic N) is 3. The number of rotatable bonds is 6. The molecule has 0 saturated heterocycles. The first-order chi connectivity index (χ1) is 14.6. The largest absolute Gasteiger partial charge is 0.362 e. The van der Waals surface area contributed by atoms with Crippen molar-refractivity contribution in [2.75, 3.05) is 11.4 Å². The SMILES string of the molecule is CCCN1c2cc(Cl)c(/C=N\NC(=O)c3ccc([N+](=O)[O-])cc3)cc2C(C)=CC1(C)C. The van der Waals surface area contributed by atoms with Crippen molar-refractivity contribution in [3.8, 4) is 0 Å². The smallest absolute Gasteiger partial charge is 0.271 e. The molecule has 162 valence electrons. The zero-order valence-electron chi connectivity index (χ0n) is 18.0. The summed E-state index contributed by atoms with van der Waals surface area (Å²) in [6, 6.07) is 9.24. The van der Waals surface area contributed by atoms with Crippen molar-refractivity contribution in [3.05, 3.63) is 74.3 Å². The lowest BCUT2D eigenvalue weighted by atomic mass is 9.88. The number of allylic oxidation sites excluding steroid dienone is 1. The van der Waals surface area contributed by atoms with E-state index in [2.05, 4.69) is 49.2 Å². The Morgan fingerprint density at radius 1 is 1.29 bits per heavy atom. The maximum atomic E-state index is 12.2. The monoisotopic (exact) mass is 440 g/mol. The predicted molar refractivity (Wildman–Crippen MR) is 125 cm³/mol. The molecule has 1 N–H and O–H groups in total. The maximum absolute atomic E-state index is 12.2. The molecule has 31 heavy (non-hydrogen) atoms. The van der Waals surface area contributed by atoms with Crippen molar-refractivity contribution >= 4 is 40.7 Å². The van der Waals surface area contributed by atoms with Crippen molar-refractivity contribution in [2.45, 2.75) is 39.7 Å². The maximum Gasteiger partial charge on any atom is 0.271 e. The highest BCUT2D eigenvalue weighted by Gasteiger charge is 2.31. The van der Waals surface area contributed by atoms with E-state index < -0.39 is 10.8 Å². The number of nitro benzene ring substituents is 1. The predicted octanol–water partition coefficient (Wildman–Crippen LogP) is 5.42. The lowest BCUT2D eigenvalue weighted by Gasteiger charge is -2.43. The van der Waals surface area contributed by atoms with Gasteiger partial charge in [-0.25, -0.2) is 5.43 Å². The molecular weight excluding hydrogens is 416 g/mol. The minimum absolute atomic E-state index is 0.0791. The number of anilines is 1. The van der Waals surface area contributed by atoms with Gasteiger partial charge in [-0.1, -0.05) is 24.6 Å². The summed E-state index contributed by atoms with van der Waals surface area (Å²) in [5, 5.41) is 15.3. The molecule has 1 heterocycles. The fourth-order valence-electron chi connectivity index (χ4n) is 3.81. The number of carbonyl (C=O) groups is 1. The highest BCUT2D eigenvalue weighted by Crippen LogP contribution is 2.41. The van der Waals surface area contributed by atoms with Gasteiger partial charge in [0, 0.05) is 41.1 Å². The zero-order chi connectivity index (χ0) is 22.8. The summed E-state index contributed by atoms with van der Waals surface area (Å²) in [6.07, 6.45) is 4.77. The molecule has 1 aliphatic rings. The zero-order valence-corrected chi connectivity index (χ0v) is 18.7. The third kappa shape index (κ3) is 4.77. The minimum Gasteiger partial charge on any atom is -0.362 e. The van der Waals surface area contributed by atoms with Gasteiger partial charge in [0.2, 0.25) is 0 Å². The molecule has 8 heteroatoms. The molecule has 0 aromatic heterocycles. The number of fused-ring (bicyclic) bond motifs is 1. The summed E-state index contributed by atoms with van der Waals surface area (Å²) in [7, 11) is 0. The first-order valence-electron chi connectivity index (χ1n) is 10.0. The van der Waals surface area contributed by atoms with Gasteiger partial charge in [0.1, 0.15) is 0 Å². The molecule has 2 aromatic carbocycles. The van der Waals surface area contributed by atoms with Gasteiger partial charge in [-0.05, 0) is 57.0 Å². The lowest BCUT2D eigenvalue weighted by molar-refractivity contribution is -0.384. The van der Waals surface area contributed by atoms with Crippen LogP contribution >= 0.6 is 11.6 Å². The van der Waals surface area contributed by atoms with Crippen molar-refractivity contribution in [3.63, 3.8) is 0 Å². The molecule has 0 fully saturated rings. The van der Waals surface area contributed by atoms with E-state index in [0.29, 0.717) is 10.6 Å². The van der Waals surface area contributed by atoms with Crippen LogP contribution < -0.4 is 10.3 Å². The molecule has 0 saturated carbocycles. The number of amides is 1. The van der Waals surface area contributed by atoms with E-state index in [4.69, 9.17) is 11.6 Å². The number of hydrogen-bond donors (Lipinski definition) is 1. The van der Waals surface area contributed by atoms with Crippen LogP contribution in [0.25, 0.3) is 5.57 Å². The van der Waals surface area contributed by atoms with Crippen LogP contribution in [0.2, 0.25) is 5.02 Å². The van der Waals surface area contributed by atoms with Crippen LogP contribution in [-0.4, -0.2) is 29.1 Å². The molecule has 2 aromatic rings. The Labute approximate surface area is 186 Å². The van der Waals surface area contributed by atoms with Crippen LogP contribution in [0.3, 0.4) is 0 Å². The van der Waals surface area contributed by atoms with E-state index >= 15 is 0 Å². The van der Waals surface area contributed by atoms with Gasteiger partial charge in [-0.15, -0.1) is 0 Å². The Morgan fingerprint density at radius 2 is 1.97 bits per heavy atom. The number of carbonyl (C=O) groups excluding carboxylic acids is 1. The molecule has 0 spiro atoms. The Bertz CT molecular complexity index is 1070. The summed E-state index contributed by atoms with van der Waals surface area (Å²) in [5.41, 5.74) is 6.54. The van der Waals surface area contributed by atoms with Crippen LogP contribution in [0.4, 0.5) is 11.4 Å². The molecule has 3 rings (SSSR count). The first-order valence-corrected chi connectivity index (χ1v) is 10.4. The Kier molecular flexibility index (Phi) is 6.45. The van der Waals surface area contributed by atoms with Gasteiger partial charge in [0.15, 0.2) is 0 Å². The average Bonchev–Trinajstić information content (AvgIpc) is 2.71. The highest BCUT2D eigenvalue weighted by molar-refractivity contribution is 6.33. The fraction of sp³-hybridized carbons (Fsp3) is 0.304. The van der Waals surface area contributed by atoms with Crippen LogP contribution in [-0.2, 0) is 0 Å². The molecule has 1 aliphatic heterocycles. The van der Waals surface area contributed by atoms with Crippen LogP contribution in [0.1, 0.15) is 55.6 Å². The summed E-state index contributed by atoms with van der Waals surface area (Å²) >= 11 is 6.53. The fourth-order valence-corrected chi connectivity index (χ4v) is 4.01. The van der Waals surface area contributed by atoms with Crippen LogP contribution in [0.15, 0.2) is 47.6 Å². The van der Waals surface area contributed by atoms with Gasteiger partial charge in [0.25, 0.3) is 11.6 Å². The van der Waals surface area contributed by atoms with Crippen molar-refractivity contribution in [1.82, 2.24) is 5.43 Å². The van der Waals surface area contributed by atoms with Gasteiger partial charge in [-0.3, -0.25) is 14.9 Å². The number of nitrogens with one attached hydrogen (secondary N) is 1. The van der Waals surface area contributed by atoms with Gasteiger partial charge in [-0.2, -0.15) is 5.10 Å². The summed E-state index contributed by atoms with van der Waals surface area (Å²) in [6.45, 7) is 9.52. The second-order valence-electron chi connectivity index (χ2n) is 8.03. The third-order valence-corrected chi connectivity index (χ3v) is 5.58. The van der Waals surface area contributed by atoms with Gasteiger partial charge < -0.3 is 4.90 Å². The Hall–Kier alpha value is -3.19. The molecule has 0 bridgehead atoms. The number of hydrazone groups is 1. The lowest BCUT2D eigenvalue weighted by Crippen LogP contribution is -2.45. The molecule has 1 amide bonds. The van der Waals surface area contributed by atoms with E-state index in [1.807, 2.05) is 12.1 Å². The van der Waals surface area contributed by atoms with E-state index in [1.54, 1.807) is 0 Å². The third-order valence-electron chi connectivity index (χ3n) is 5.25. The minimum atomic E-state index is -0.517. The summed E-state index contributed by atoms with van der Waals surface area (Å²) in [5.74, 6) is -0.466. The summed E-state index contributed by atoms with van der Waals surface area (Å²) in [4.78, 5) is 24.8. The van der Waals surface area contributed by atoms with E-state index in [-0.39, 0.29) is 16.8 Å². The average molecular weight is 441 g/mol. The molecule has 7 nitrogen and oxygen atoms in total. The van der Waals surface area contributed by atoms with Gasteiger partial charge in [0.05, 0.1) is 21.7 Å². The second kappa shape index (κ2) is 8.89. The number of benzene rings is 2. The van der Waals surface area contributed by atoms with Crippen molar-refractivity contribution in [1.29, 1.82) is 0 Å². The standard InChI is InChI=1S/C23H25ClN4O3/c1-5-10-27-21-12-20(24)17(11-19(21)15(2)13-23(27,3)4)14-25-26-22(29)16-6-8-18(9-7-16)28(30)31/h6-9,11-14H,5,10H2,1-4H3,(H,26,29)/b25-14-. The van der Waals surface area contributed by atoms with Crippen molar-refractivity contribution < 1.29 is 9.72 Å². The van der Waals surface area contributed by atoms with Crippen LogP contribution in [0, 0.1) is 10.1 Å². The first kappa shape index (κ1) is 22.5. The number of hydrogen-bond acceptors (Lipinski definition) is 5. The van der Waals surface area contributed by atoms with Crippen molar-refractivity contribution in [2.24, 2.45) is 5.10 Å². The number of halogens is 1. The molecule has 0 radical (unpaired) electrons. The summed E-state index contributed by atoms with van der Waals surface area (Å²) < 4.78 is 0. The highest BCUT2D eigenvalue weighted by atomic mass is 35.5. The normalized spacial score (nSPS) is 14.9. The van der Waals surface area contributed by atoms with Gasteiger partial charge >= 0.3 is 0 Å².